The van der Waals surface area contributed by atoms with Gasteiger partial charge in [-0.1, -0.05) is 0 Å². The molecule has 0 unspecified atom stereocenters. The van der Waals surface area contributed by atoms with E-state index in [-0.39, 0.29) is 12.0 Å². The number of nitrogens with zero attached hydrogens (tertiary/aromatic N) is 2. The Morgan fingerprint density at radius 3 is 3.00 bits per heavy atom. The van der Waals surface area contributed by atoms with Gasteiger partial charge in [0.05, 0.1) is 12.1 Å². The van der Waals surface area contributed by atoms with Gasteiger partial charge in [0.1, 0.15) is 4.60 Å². The first kappa shape index (κ1) is 10.9. The molecule has 0 saturated heterocycles. The first-order valence-electron chi connectivity index (χ1n) is 4.56. The number of carboxylic acids is 1. The zero-order valence-electron chi connectivity index (χ0n) is 8.11. The molecule has 2 rings (SSSR count). The van der Waals surface area contributed by atoms with Crippen molar-refractivity contribution in [2.45, 2.75) is 12.8 Å². The van der Waals surface area contributed by atoms with Gasteiger partial charge in [-0.3, -0.25) is 14.7 Å². The van der Waals surface area contributed by atoms with Crippen molar-refractivity contribution in [1.29, 1.82) is 0 Å². The maximum Gasteiger partial charge on any atom is 0.303 e. The number of carboxylic acid groups (broad SMARTS) is 1. The Labute approximate surface area is 98.0 Å². The summed E-state index contributed by atoms with van der Waals surface area (Å²) in [5.74, 6) is -0.877. The predicted molar refractivity (Wildman–Crippen MR) is 59.5 cm³/mol. The Hall–Kier alpha value is -1.63. The molecule has 0 spiro atoms. The van der Waals surface area contributed by atoms with E-state index in [0.717, 1.165) is 0 Å². The molecule has 7 heteroatoms. The van der Waals surface area contributed by atoms with Crippen LogP contribution in [0.15, 0.2) is 21.5 Å². The second kappa shape index (κ2) is 4.09. The monoisotopic (exact) mass is 285 g/mol. The normalized spacial score (nSPS) is 10.8. The molecule has 2 aromatic rings. The maximum atomic E-state index is 11.1. The number of halogens is 1. The van der Waals surface area contributed by atoms with Crippen LogP contribution < -0.4 is 5.56 Å². The average molecular weight is 286 g/mol. The summed E-state index contributed by atoms with van der Waals surface area (Å²) in [6.07, 6.45) is 0.326. The van der Waals surface area contributed by atoms with Crippen molar-refractivity contribution in [2.75, 3.05) is 0 Å². The Bertz CT molecular complexity index is 602. The highest BCUT2D eigenvalue weighted by atomic mass is 79.9. The summed E-state index contributed by atoms with van der Waals surface area (Å²) in [5, 5.41) is 11.1. The number of hydrogen-bond donors (Lipinski definition) is 2. The van der Waals surface area contributed by atoms with E-state index in [1.807, 2.05) is 0 Å². The lowest BCUT2D eigenvalue weighted by atomic mass is 10.2. The SMILES string of the molecule is O=C(O)CCc1nc2ccc(=O)[nH]n2c1Br. The van der Waals surface area contributed by atoms with E-state index in [2.05, 4.69) is 26.0 Å². The Kier molecular flexibility index (Phi) is 2.78. The zero-order chi connectivity index (χ0) is 11.7. The predicted octanol–water partition coefficient (Wildman–Crippen LogP) is 0.802. The molecule has 0 amide bonds. The number of aromatic nitrogens is 3. The lowest BCUT2D eigenvalue weighted by Crippen LogP contribution is -2.08. The van der Waals surface area contributed by atoms with Gasteiger partial charge >= 0.3 is 5.97 Å². The summed E-state index contributed by atoms with van der Waals surface area (Å²) in [4.78, 5) is 25.7. The summed E-state index contributed by atoms with van der Waals surface area (Å²) in [5.41, 5.74) is 0.950. The van der Waals surface area contributed by atoms with Crippen molar-refractivity contribution < 1.29 is 9.90 Å². The van der Waals surface area contributed by atoms with Gasteiger partial charge in [-0.05, 0) is 22.0 Å². The Morgan fingerprint density at radius 1 is 1.56 bits per heavy atom. The molecule has 0 saturated carbocycles. The molecule has 0 radical (unpaired) electrons. The fourth-order valence-electron chi connectivity index (χ4n) is 1.36. The van der Waals surface area contributed by atoms with E-state index >= 15 is 0 Å². The second-order valence-corrected chi connectivity index (χ2v) is 4.00. The highest BCUT2D eigenvalue weighted by Gasteiger charge is 2.11. The lowest BCUT2D eigenvalue weighted by Gasteiger charge is -1.94. The molecular weight excluding hydrogens is 278 g/mol. The largest absolute Gasteiger partial charge is 0.481 e. The number of fused-ring (bicyclic) bond motifs is 1. The molecule has 2 aromatic heterocycles. The molecule has 2 heterocycles. The van der Waals surface area contributed by atoms with E-state index in [1.54, 1.807) is 6.07 Å². The fourth-order valence-corrected chi connectivity index (χ4v) is 1.92. The van der Waals surface area contributed by atoms with Crippen molar-refractivity contribution in [3.63, 3.8) is 0 Å². The molecule has 0 aliphatic carbocycles. The smallest absolute Gasteiger partial charge is 0.303 e. The number of aromatic amines is 1. The molecule has 0 atom stereocenters. The number of aryl methyl sites for hydroxylation is 1. The van der Waals surface area contributed by atoms with Crippen LogP contribution in [-0.2, 0) is 11.2 Å². The maximum absolute atomic E-state index is 11.1. The summed E-state index contributed by atoms with van der Waals surface area (Å²) in [6, 6.07) is 2.95. The van der Waals surface area contributed by atoms with Crippen LogP contribution in [0.2, 0.25) is 0 Å². The number of imidazole rings is 1. The van der Waals surface area contributed by atoms with Crippen molar-refractivity contribution in [3.8, 4) is 0 Å². The van der Waals surface area contributed by atoms with Crippen LogP contribution in [-0.4, -0.2) is 25.7 Å². The third kappa shape index (κ3) is 1.99. The molecule has 2 N–H and O–H groups in total. The van der Waals surface area contributed by atoms with Gasteiger partial charge in [-0.2, -0.15) is 0 Å². The van der Waals surface area contributed by atoms with Crippen LogP contribution >= 0.6 is 15.9 Å². The van der Waals surface area contributed by atoms with Gasteiger partial charge in [0, 0.05) is 12.5 Å². The van der Waals surface area contributed by atoms with Crippen LogP contribution in [0.25, 0.3) is 5.65 Å². The second-order valence-electron chi connectivity index (χ2n) is 3.25. The van der Waals surface area contributed by atoms with E-state index in [1.165, 1.54) is 10.6 Å². The molecule has 6 nitrogen and oxygen atoms in total. The summed E-state index contributed by atoms with van der Waals surface area (Å²) < 4.78 is 2.07. The first-order chi connectivity index (χ1) is 7.58. The van der Waals surface area contributed by atoms with Crippen LogP contribution in [0.3, 0.4) is 0 Å². The van der Waals surface area contributed by atoms with Crippen molar-refractivity contribution in [2.24, 2.45) is 0 Å². The molecule has 0 aliphatic rings. The highest BCUT2D eigenvalue weighted by Crippen LogP contribution is 2.18. The summed E-state index contributed by atoms with van der Waals surface area (Å²) in [6.45, 7) is 0. The minimum atomic E-state index is -0.877. The highest BCUT2D eigenvalue weighted by molar-refractivity contribution is 9.10. The van der Waals surface area contributed by atoms with Gasteiger partial charge in [0.2, 0.25) is 0 Å². The first-order valence-corrected chi connectivity index (χ1v) is 5.35. The molecule has 0 fully saturated rings. The Balaban J connectivity index is 2.44. The summed E-state index contributed by atoms with van der Waals surface area (Å²) >= 11 is 3.27. The number of H-pyrrole nitrogens is 1. The van der Waals surface area contributed by atoms with Crippen molar-refractivity contribution >= 4 is 27.5 Å². The number of aliphatic carboxylic acids is 1. The number of hydrogen-bond acceptors (Lipinski definition) is 3. The van der Waals surface area contributed by atoms with Crippen LogP contribution in [0, 0.1) is 0 Å². The van der Waals surface area contributed by atoms with Crippen LogP contribution in [0.5, 0.6) is 0 Å². The van der Waals surface area contributed by atoms with Crippen LogP contribution in [0.4, 0.5) is 0 Å². The third-order valence-corrected chi connectivity index (χ3v) is 2.91. The van der Waals surface area contributed by atoms with Gasteiger partial charge < -0.3 is 5.11 Å². The van der Waals surface area contributed by atoms with Crippen LogP contribution in [0.1, 0.15) is 12.1 Å². The molecule has 84 valence electrons. The molecular formula is C9H8BrN3O3. The quantitative estimate of drug-likeness (QED) is 0.873. The van der Waals surface area contributed by atoms with Gasteiger partial charge in [0.25, 0.3) is 5.56 Å². The van der Waals surface area contributed by atoms with Gasteiger partial charge in [-0.25, -0.2) is 9.50 Å². The number of rotatable bonds is 3. The van der Waals surface area contributed by atoms with E-state index in [4.69, 9.17) is 5.11 Å². The topological polar surface area (TPSA) is 87.5 Å². The minimum Gasteiger partial charge on any atom is -0.481 e. The fraction of sp³-hybridized carbons (Fsp3) is 0.222. The van der Waals surface area contributed by atoms with E-state index < -0.39 is 5.97 Å². The minimum absolute atomic E-state index is 0.00666. The number of nitrogens with one attached hydrogen (secondary N) is 1. The Morgan fingerprint density at radius 2 is 2.31 bits per heavy atom. The zero-order valence-corrected chi connectivity index (χ0v) is 9.69. The molecule has 0 aromatic carbocycles. The van der Waals surface area contributed by atoms with E-state index in [9.17, 15) is 9.59 Å². The number of carbonyl (C=O) groups is 1. The third-order valence-electron chi connectivity index (χ3n) is 2.09. The van der Waals surface area contributed by atoms with Gasteiger partial charge in [-0.15, -0.1) is 0 Å². The molecule has 0 aliphatic heterocycles. The molecule has 16 heavy (non-hydrogen) atoms. The molecule has 0 bridgehead atoms. The summed E-state index contributed by atoms with van der Waals surface area (Å²) in [7, 11) is 0. The van der Waals surface area contributed by atoms with Crippen molar-refractivity contribution in [3.05, 3.63) is 32.8 Å². The average Bonchev–Trinajstić information content (AvgIpc) is 2.53. The van der Waals surface area contributed by atoms with Gasteiger partial charge in [0.15, 0.2) is 5.65 Å². The standard InChI is InChI=1S/C9H8BrN3O3/c10-9-5(1-4-8(15)16)11-6-2-3-7(14)12-13(6)9/h2-3H,1,4H2,(H,12,14)(H,15,16). The van der Waals surface area contributed by atoms with E-state index in [0.29, 0.717) is 22.4 Å². The lowest BCUT2D eigenvalue weighted by molar-refractivity contribution is -0.136. The van der Waals surface area contributed by atoms with Crippen molar-refractivity contribution in [1.82, 2.24) is 14.6 Å².